The van der Waals surface area contributed by atoms with E-state index in [2.05, 4.69) is 23.9 Å². The normalized spacial score (nSPS) is 11.6. The molecule has 124 valence electrons. The average molecular weight is 326 g/mol. The maximum Gasteiger partial charge on any atom is 0.240 e. The Morgan fingerprint density at radius 1 is 1.18 bits per heavy atom. The second-order valence-electron chi connectivity index (χ2n) is 5.74. The third-order valence-corrected chi connectivity index (χ3v) is 4.85. The molecule has 0 aliphatic carbocycles. The molecule has 5 nitrogen and oxygen atoms in total. The maximum atomic E-state index is 11.7. The minimum Gasteiger partial charge on any atom is -0.356 e. The highest BCUT2D eigenvalue weighted by atomic mass is 32.2. The summed E-state index contributed by atoms with van der Waals surface area (Å²) in [5, 5.41) is 2.91. The van der Waals surface area contributed by atoms with Gasteiger partial charge in [0.25, 0.3) is 0 Å². The second-order valence-corrected chi connectivity index (χ2v) is 7.62. The molecule has 0 aromatic heterocycles. The number of hydrogen-bond acceptors (Lipinski definition) is 3. The second kappa shape index (κ2) is 8.90. The summed E-state index contributed by atoms with van der Waals surface area (Å²) in [5.41, 5.74) is 0.951. The van der Waals surface area contributed by atoms with E-state index in [0.29, 0.717) is 18.8 Å². The third kappa shape index (κ3) is 6.58. The van der Waals surface area contributed by atoms with Crippen LogP contribution < -0.4 is 10.0 Å². The molecule has 6 heteroatoms. The number of sulfonamides is 1. The van der Waals surface area contributed by atoms with Crippen molar-refractivity contribution in [1.82, 2.24) is 10.0 Å². The van der Waals surface area contributed by atoms with Gasteiger partial charge in [-0.05, 0) is 49.9 Å². The van der Waals surface area contributed by atoms with Crippen LogP contribution in [0.15, 0.2) is 29.2 Å². The monoisotopic (exact) mass is 326 g/mol. The Morgan fingerprint density at radius 2 is 1.82 bits per heavy atom. The van der Waals surface area contributed by atoms with E-state index in [1.807, 2.05) is 0 Å². The first-order valence-electron chi connectivity index (χ1n) is 7.64. The molecule has 0 aliphatic rings. The fourth-order valence-corrected chi connectivity index (χ4v) is 2.77. The first-order valence-corrected chi connectivity index (χ1v) is 9.12. The van der Waals surface area contributed by atoms with Crippen LogP contribution in [-0.2, 0) is 21.2 Å². The molecule has 0 fully saturated rings. The van der Waals surface area contributed by atoms with E-state index in [1.165, 1.54) is 7.05 Å². The van der Waals surface area contributed by atoms with Crippen molar-refractivity contribution >= 4 is 15.9 Å². The molecule has 1 aromatic rings. The zero-order valence-corrected chi connectivity index (χ0v) is 14.4. The van der Waals surface area contributed by atoms with Gasteiger partial charge in [-0.3, -0.25) is 4.79 Å². The number of carbonyl (C=O) groups excluding carboxylic acids is 1. The predicted octanol–water partition coefficient (Wildman–Crippen LogP) is 2.08. The molecular formula is C16H26N2O3S. The molecule has 0 spiro atoms. The van der Waals surface area contributed by atoms with Gasteiger partial charge in [0.05, 0.1) is 4.90 Å². The summed E-state index contributed by atoms with van der Waals surface area (Å²) >= 11 is 0. The fraction of sp³-hybridized carbons (Fsp3) is 0.562. The summed E-state index contributed by atoms with van der Waals surface area (Å²) in [6, 6.07) is 6.61. The van der Waals surface area contributed by atoms with E-state index in [9.17, 15) is 13.2 Å². The van der Waals surface area contributed by atoms with Crippen molar-refractivity contribution in [2.45, 2.75) is 44.4 Å². The third-order valence-electron chi connectivity index (χ3n) is 3.42. The molecule has 2 N–H and O–H groups in total. The van der Waals surface area contributed by atoms with Crippen LogP contribution in [0.25, 0.3) is 0 Å². The van der Waals surface area contributed by atoms with Crippen molar-refractivity contribution in [1.29, 1.82) is 0 Å². The number of benzene rings is 1. The topological polar surface area (TPSA) is 75.3 Å². The summed E-state index contributed by atoms with van der Waals surface area (Å²) < 4.78 is 25.5. The largest absolute Gasteiger partial charge is 0.356 e. The summed E-state index contributed by atoms with van der Waals surface area (Å²) in [7, 11) is -2.02. The summed E-state index contributed by atoms with van der Waals surface area (Å²) in [4.78, 5) is 11.9. The minimum atomic E-state index is -3.40. The highest BCUT2D eigenvalue weighted by molar-refractivity contribution is 7.89. The van der Waals surface area contributed by atoms with E-state index in [0.717, 1.165) is 24.9 Å². The van der Waals surface area contributed by atoms with Crippen LogP contribution in [0.2, 0.25) is 0 Å². The molecular weight excluding hydrogens is 300 g/mol. The van der Waals surface area contributed by atoms with Crippen LogP contribution in [0.3, 0.4) is 0 Å². The quantitative estimate of drug-likeness (QED) is 0.682. The lowest BCUT2D eigenvalue weighted by Crippen LogP contribution is -2.24. The van der Waals surface area contributed by atoms with Crippen molar-refractivity contribution < 1.29 is 13.2 Å². The molecule has 0 saturated carbocycles. The standard InChI is InChI=1S/C16H26N2O3S/c1-13(2)5-4-12-18-16(19)11-8-14-6-9-15(10-7-14)22(20,21)17-3/h6-7,9-10,13,17H,4-5,8,11-12H2,1-3H3,(H,18,19). The number of carbonyl (C=O) groups is 1. The van der Waals surface area contributed by atoms with Gasteiger partial charge in [-0.15, -0.1) is 0 Å². The number of rotatable bonds is 9. The lowest BCUT2D eigenvalue weighted by atomic mass is 10.1. The Hall–Kier alpha value is -1.40. The Kier molecular flexibility index (Phi) is 7.55. The number of hydrogen-bond donors (Lipinski definition) is 2. The van der Waals surface area contributed by atoms with Gasteiger partial charge >= 0.3 is 0 Å². The fourth-order valence-electron chi connectivity index (χ4n) is 2.04. The van der Waals surface area contributed by atoms with Gasteiger partial charge in [-0.25, -0.2) is 13.1 Å². The molecule has 22 heavy (non-hydrogen) atoms. The van der Waals surface area contributed by atoms with E-state index in [-0.39, 0.29) is 10.8 Å². The van der Waals surface area contributed by atoms with Gasteiger partial charge in [-0.1, -0.05) is 26.0 Å². The molecule has 1 aromatic carbocycles. The van der Waals surface area contributed by atoms with Gasteiger partial charge in [0, 0.05) is 13.0 Å². The molecule has 0 saturated heterocycles. The summed E-state index contributed by atoms with van der Waals surface area (Å²) in [5.74, 6) is 0.694. The minimum absolute atomic E-state index is 0.0377. The van der Waals surface area contributed by atoms with Crippen LogP contribution in [-0.4, -0.2) is 27.9 Å². The van der Waals surface area contributed by atoms with Crippen LogP contribution in [0.5, 0.6) is 0 Å². The van der Waals surface area contributed by atoms with E-state index in [4.69, 9.17) is 0 Å². The smallest absolute Gasteiger partial charge is 0.240 e. The van der Waals surface area contributed by atoms with Gasteiger partial charge in [0.1, 0.15) is 0 Å². The van der Waals surface area contributed by atoms with Crippen LogP contribution in [0.4, 0.5) is 0 Å². The van der Waals surface area contributed by atoms with Gasteiger partial charge < -0.3 is 5.32 Å². The lowest BCUT2D eigenvalue weighted by Gasteiger charge is -2.07. The molecule has 0 aliphatic heterocycles. The highest BCUT2D eigenvalue weighted by Crippen LogP contribution is 2.11. The van der Waals surface area contributed by atoms with Crippen molar-refractivity contribution in [3.63, 3.8) is 0 Å². The Bertz CT molecular complexity index is 566. The van der Waals surface area contributed by atoms with Crippen LogP contribution in [0, 0.1) is 5.92 Å². The molecule has 0 heterocycles. The van der Waals surface area contributed by atoms with E-state index in [1.54, 1.807) is 24.3 Å². The van der Waals surface area contributed by atoms with Crippen molar-refractivity contribution in [2.75, 3.05) is 13.6 Å². The molecule has 1 rings (SSSR count). The first-order chi connectivity index (χ1) is 10.3. The molecule has 0 bridgehead atoms. The van der Waals surface area contributed by atoms with E-state index >= 15 is 0 Å². The van der Waals surface area contributed by atoms with Crippen molar-refractivity contribution in [2.24, 2.45) is 5.92 Å². The van der Waals surface area contributed by atoms with Gasteiger partial charge in [0.15, 0.2) is 0 Å². The van der Waals surface area contributed by atoms with Crippen LogP contribution >= 0.6 is 0 Å². The zero-order chi connectivity index (χ0) is 16.6. The summed E-state index contributed by atoms with van der Waals surface area (Å²) in [6.07, 6.45) is 3.14. The Balaban J connectivity index is 2.37. The Labute approximate surface area is 133 Å². The van der Waals surface area contributed by atoms with Crippen molar-refractivity contribution in [3.8, 4) is 0 Å². The number of amides is 1. The molecule has 0 radical (unpaired) electrons. The van der Waals surface area contributed by atoms with E-state index < -0.39 is 10.0 Å². The molecule has 0 unspecified atom stereocenters. The zero-order valence-electron chi connectivity index (χ0n) is 13.6. The van der Waals surface area contributed by atoms with Crippen LogP contribution in [0.1, 0.15) is 38.7 Å². The predicted molar refractivity (Wildman–Crippen MR) is 88.1 cm³/mol. The highest BCUT2D eigenvalue weighted by Gasteiger charge is 2.10. The summed E-state index contributed by atoms with van der Waals surface area (Å²) in [6.45, 7) is 5.05. The SMILES string of the molecule is CNS(=O)(=O)c1ccc(CCC(=O)NCCCC(C)C)cc1. The van der Waals surface area contributed by atoms with Gasteiger partial charge in [0.2, 0.25) is 15.9 Å². The Morgan fingerprint density at radius 3 is 2.36 bits per heavy atom. The first kappa shape index (κ1) is 18.6. The maximum absolute atomic E-state index is 11.7. The van der Waals surface area contributed by atoms with Crippen molar-refractivity contribution in [3.05, 3.63) is 29.8 Å². The molecule has 0 atom stereocenters. The number of aryl methyl sites for hydroxylation is 1. The molecule has 1 amide bonds. The van der Waals surface area contributed by atoms with Gasteiger partial charge in [-0.2, -0.15) is 0 Å². The average Bonchev–Trinajstić information content (AvgIpc) is 2.49. The lowest BCUT2D eigenvalue weighted by molar-refractivity contribution is -0.121. The number of nitrogens with one attached hydrogen (secondary N) is 2.